The summed E-state index contributed by atoms with van der Waals surface area (Å²) in [7, 11) is 0. The van der Waals surface area contributed by atoms with Crippen LogP contribution in [0, 0.1) is 29.1 Å². The van der Waals surface area contributed by atoms with Crippen LogP contribution < -0.4 is 10.6 Å². The number of nitrogens with two attached hydrogens (primary N) is 1. The van der Waals surface area contributed by atoms with Crippen LogP contribution in [-0.2, 0) is 11.0 Å². The van der Waals surface area contributed by atoms with Gasteiger partial charge in [0.25, 0.3) is 5.91 Å². The third kappa shape index (κ3) is 4.69. The first-order chi connectivity index (χ1) is 15.7. The van der Waals surface area contributed by atoms with Gasteiger partial charge in [0.15, 0.2) is 0 Å². The van der Waals surface area contributed by atoms with Gasteiger partial charge in [0, 0.05) is 37.2 Å². The molecule has 174 valence electrons. The SMILES string of the molecule is N#Cc1ccc(N2CCC([C@@H]3CN(C(=O)c4ccsc4)C[C@H]3C(N)=O)CC2)cc1C(F)(F)F. The Morgan fingerprint density at radius 2 is 1.88 bits per heavy atom. The molecule has 1 aromatic carbocycles. The van der Waals surface area contributed by atoms with E-state index in [0.717, 1.165) is 6.07 Å². The van der Waals surface area contributed by atoms with Crippen LogP contribution in [0.25, 0.3) is 0 Å². The number of nitriles is 1. The number of anilines is 1. The van der Waals surface area contributed by atoms with Crippen LogP contribution >= 0.6 is 11.3 Å². The molecule has 33 heavy (non-hydrogen) atoms. The summed E-state index contributed by atoms with van der Waals surface area (Å²) in [5, 5.41) is 12.6. The van der Waals surface area contributed by atoms with Gasteiger partial charge in [-0.05, 0) is 54.3 Å². The van der Waals surface area contributed by atoms with Crippen molar-refractivity contribution >= 4 is 28.8 Å². The smallest absolute Gasteiger partial charge is 0.372 e. The summed E-state index contributed by atoms with van der Waals surface area (Å²) in [6.45, 7) is 1.78. The van der Waals surface area contributed by atoms with E-state index in [-0.39, 0.29) is 17.7 Å². The summed E-state index contributed by atoms with van der Waals surface area (Å²) in [6.07, 6.45) is -3.25. The van der Waals surface area contributed by atoms with Gasteiger partial charge in [0.2, 0.25) is 5.91 Å². The van der Waals surface area contributed by atoms with E-state index in [1.807, 2.05) is 10.3 Å². The molecule has 2 aliphatic heterocycles. The van der Waals surface area contributed by atoms with Gasteiger partial charge in [-0.1, -0.05) is 0 Å². The largest absolute Gasteiger partial charge is 0.417 e. The quantitative estimate of drug-likeness (QED) is 0.728. The minimum atomic E-state index is -4.60. The predicted octanol–water partition coefficient (Wildman–Crippen LogP) is 3.73. The summed E-state index contributed by atoms with van der Waals surface area (Å²) in [6, 6.07) is 7.13. The van der Waals surface area contributed by atoms with Crippen molar-refractivity contribution in [3.63, 3.8) is 0 Å². The first kappa shape index (κ1) is 23.1. The topological polar surface area (TPSA) is 90.4 Å². The maximum absolute atomic E-state index is 13.3. The molecule has 0 spiro atoms. The van der Waals surface area contributed by atoms with Crippen molar-refractivity contribution in [3.05, 3.63) is 51.7 Å². The van der Waals surface area contributed by atoms with E-state index in [1.54, 1.807) is 22.4 Å². The van der Waals surface area contributed by atoms with E-state index in [1.165, 1.54) is 23.5 Å². The zero-order valence-electron chi connectivity index (χ0n) is 17.7. The Labute approximate surface area is 193 Å². The summed E-state index contributed by atoms with van der Waals surface area (Å²) >= 11 is 1.43. The van der Waals surface area contributed by atoms with Crippen molar-refractivity contribution in [1.29, 1.82) is 5.26 Å². The molecule has 0 bridgehead atoms. The number of hydrogen-bond donors (Lipinski definition) is 1. The number of likely N-dealkylation sites (tertiary alicyclic amines) is 1. The van der Waals surface area contributed by atoms with Gasteiger partial charge >= 0.3 is 6.18 Å². The highest BCUT2D eigenvalue weighted by Gasteiger charge is 2.43. The monoisotopic (exact) mass is 476 g/mol. The molecule has 2 aliphatic rings. The molecule has 2 saturated heterocycles. The number of halogens is 3. The second-order valence-corrected chi connectivity index (χ2v) is 9.34. The molecule has 2 atom stereocenters. The molecule has 0 aliphatic carbocycles. The number of alkyl halides is 3. The first-order valence-electron chi connectivity index (χ1n) is 10.7. The molecule has 0 unspecified atom stereocenters. The van der Waals surface area contributed by atoms with Crippen LogP contribution in [0.4, 0.5) is 18.9 Å². The summed E-state index contributed by atoms with van der Waals surface area (Å²) in [5.41, 5.74) is 5.35. The highest BCUT2D eigenvalue weighted by molar-refractivity contribution is 7.08. The first-order valence-corrected chi connectivity index (χ1v) is 11.6. The molecule has 2 N–H and O–H groups in total. The van der Waals surface area contributed by atoms with Gasteiger partial charge in [-0.3, -0.25) is 9.59 Å². The highest BCUT2D eigenvalue weighted by Crippen LogP contribution is 2.39. The Morgan fingerprint density at radius 1 is 1.15 bits per heavy atom. The molecule has 0 radical (unpaired) electrons. The number of nitrogens with zero attached hydrogens (tertiary/aromatic N) is 3. The Bertz CT molecular complexity index is 1070. The average Bonchev–Trinajstić information content (AvgIpc) is 3.48. The molecule has 2 aromatic rings. The number of hydrogen-bond acceptors (Lipinski definition) is 5. The molecule has 1 aromatic heterocycles. The van der Waals surface area contributed by atoms with E-state index in [4.69, 9.17) is 11.0 Å². The van der Waals surface area contributed by atoms with Crippen molar-refractivity contribution in [2.75, 3.05) is 31.1 Å². The standard InChI is InChI=1S/C23H23F3N4O2S/c24-23(25,26)20-9-17(2-1-15(20)10-27)29-6-3-14(4-7-29)18-11-30(12-19(18)21(28)31)22(32)16-5-8-33-13-16/h1-2,5,8-9,13-14,18-19H,3-4,6-7,11-12H2,(H2,28,31)/t18-,19+/m0/s1. The van der Waals surface area contributed by atoms with Gasteiger partial charge in [-0.2, -0.15) is 29.8 Å². The van der Waals surface area contributed by atoms with Gasteiger partial charge < -0.3 is 15.5 Å². The van der Waals surface area contributed by atoms with Crippen molar-refractivity contribution in [2.24, 2.45) is 23.5 Å². The van der Waals surface area contributed by atoms with Gasteiger partial charge in [0.05, 0.1) is 28.7 Å². The maximum Gasteiger partial charge on any atom is 0.417 e. The molecular formula is C23H23F3N4O2S. The number of rotatable bonds is 4. The number of primary amides is 1. The Balaban J connectivity index is 1.45. The highest BCUT2D eigenvalue weighted by atomic mass is 32.1. The van der Waals surface area contributed by atoms with Crippen LogP contribution in [0.15, 0.2) is 35.0 Å². The summed E-state index contributed by atoms with van der Waals surface area (Å²) in [4.78, 5) is 28.4. The lowest BCUT2D eigenvalue weighted by Gasteiger charge is -2.37. The number of piperidine rings is 1. The zero-order valence-corrected chi connectivity index (χ0v) is 18.5. The van der Waals surface area contributed by atoms with E-state index in [9.17, 15) is 22.8 Å². The van der Waals surface area contributed by atoms with Crippen LogP contribution in [0.5, 0.6) is 0 Å². The lowest BCUT2D eigenvalue weighted by atomic mass is 9.78. The third-order valence-electron chi connectivity index (χ3n) is 6.73. The van der Waals surface area contributed by atoms with E-state index in [0.29, 0.717) is 50.3 Å². The van der Waals surface area contributed by atoms with Gasteiger partial charge in [-0.25, -0.2) is 0 Å². The maximum atomic E-state index is 13.3. The predicted molar refractivity (Wildman–Crippen MR) is 117 cm³/mol. The van der Waals surface area contributed by atoms with Gasteiger partial charge in [0.1, 0.15) is 0 Å². The third-order valence-corrected chi connectivity index (χ3v) is 7.41. The average molecular weight is 477 g/mol. The number of carbonyl (C=O) groups is 2. The molecule has 3 heterocycles. The number of thiophene rings is 1. The molecule has 0 saturated carbocycles. The molecule has 6 nitrogen and oxygen atoms in total. The lowest BCUT2D eigenvalue weighted by molar-refractivity contribution is -0.137. The Morgan fingerprint density at radius 3 is 2.45 bits per heavy atom. The molecular weight excluding hydrogens is 453 g/mol. The van der Waals surface area contributed by atoms with Crippen molar-refractivity contribution < 1.29 is 22.8 Å². The molecule has 10 heteroatoms. The fourth-order valence-corrected chi connectivity index (χ4v) is 5.62. The number of amides is 2. The molecule has 2 fully saturated rings. The minimum absolute atomic E-state index is 0.0704. The molecule has 4 rings (SSSR count). The second-order valence-electron chi connectivity index (χ2n) is 8.56. The minimum Gasteiger partial charge on any atom is -0.372 e. The summed E-state index contributed by atoms with van der Waals surface area (Å²) in [5.74, 6) is -0.904. The van der Waals surface area contributed by atoms with Crippen LogP contribution in [0.3, 0.4) is 0 Å². The fourth-order valence-electron chi connectivity index (χ4n) is 4.99. The normalized spacial score (nSPS) is 21.8. The van der Waals surface area contributed by atoms with Gasteiger partial charge in [-0.15, -0.1) is 0 Å². The fraction of sp³-hybridized carbons (Fsp3) is 0.435. The lowest BCUT2D eigenvalue weighted by Crippen LogP contribution is -2.40. The summed E-state index contributed by atoms with van der Waals surface area (Å²) < 4.78 is 40.0. The Hall–Kier alpha value is -3.06. The van der Waals surface area contributed by atoms with Crippen molar-refractivity contribution in [2.45, 2.75) is 19.0 Å². The van der Waals surface area contributed by atoms with Crippen LogP contribution in [0.1, 0.15) is 34.3 Å². The second kappa shape index (κ2) is 9.06. The van der Waals surface area contributed by atoms with E-state index < -0.39 is 29.1 Å². The van der Waals surface area contributed by atoms with Crippen LogP contribution in [0.2, 0.25) is 0 Å². The van der Waals surface area contributed by atoms with E-state index in [2.05, 4.69) is 0 Å². The zero-order chi connectivity index (χ0) is 23.8. The van der Waals surface area contributed by atoms with Crippen LogP contribution in [-0.4, -0.2) is 42.9 Å². The number of benzene rings is 1. The van der Waals surface area contributed by atoms with Crippen molar-refractivity contribution in [1.82, 2.24) is 4.90 Å². The van der Waals surface area contributed by atoms with E-state index >= 15 is 0 Å². The number of carbonyl (C=O) groups excluding carboxylic acids is 2. The van der Waals surface area contributed by atoms with Crippen molar-refractivity contribution in [3.8, 4) is 6.07 Å². The Kier molecular flexibility index (Phi) is 6.34. The molecule has 2 amide bonds.